The molecule has 20 heavy (non-hydrogen) atoms. The molecule has 0 spiro atoms. The zero-order chi connectivity index (χ0) is 14.5. The molecule has 1 aromatic rings. The van der Waals surface area contributed by atoms with Gasteiger partial charge in [0.2, 0.25) is 5.89 Å². The minimum Gasteiger partial charge on any atom is -0.417 e. The van der Waals surface area contributed by atoms with Gasteiger partial charge in [0.1, 0.15) is 0 Å². The normalized spacial score (nSPS) is 19.9. The van der Waals surface area contributed by atoms with Gasteiger partial charge in [-0.2, -0.15) is 0 Å². The first-order valence-corrected chi connectivity index (χ1v) is 7.01. The SMILES string of the molecule is CC=CCc1nnc(C(=O)N(C)CC2CCCN2C)o1. The summed E-state index contributed by atoms with van der Waals surface area (Å²) in [4.78, 5) is 16.2. The van der Waals surface area contributed by atoms with Crippen LogP contribution in [0.5, 0.6) is 0 Å². The topological polar surface area (TPSA) is 62.5 Å². The van der Waals surface area contributed by atoms with Crippen molar-refractivity contribution in [1.29, 1.82) is 0 Å². The van der Waals surface area contributed by atoms with Crippen LogP contribution in [0.25, 0.3) is 0 Å². The first-order valence-electron chi connectivity index (χ1n) is 7.01. The largest absolute Gasteiger partial charge is 0.417 e. The highest BCUT2D eigenvalue weighted by molar-refractivity contribution is 5.89. The second kappa shape index (κ2) is 6.65. The molecule has 1 atom stereocenters. The van der Waals surface area contributed by atoms with Crippen LogP contribution >= 0.6 is 0 Å². The molecule has 0 aromatic carbocycles. The van der Waals surface area contributed by atoms with Crippen LogP contribution < -0.4 is 0 Å². The fourth-order valence-electron chi connectivity index (χ4n) is 2.41. The van der Waals surface area contributed by atoms with E-state index in [0.717, 1.165) is 13.0 Å². The molecular weight excluding hydrogens is 256 g/mol. The van der Waals surface area contributed by atoms with E-state index in [-0.39, 0.29) is 11.8 Å². The summed E-state index contributed by atoms with van der Waals surface area (Å²) < 4.78 is 5.38. The van der Waals surface area contributed by atoms with Gasteiger partial charge in [0.05, 0.1) is 0 Å². The quantitative estimate of drug-likeness (QED) is 0.761. The van der Waals surface area contributed by atoms with Crippen molar-refractivity contribution in [1.82, 2.24) is 20.0 Å². The van der Waals surface area contributed by atoms with Gasteiger partial charge in [-0.05, 0) is 33.4 Å². The zero-order valence-corrected chi connectivity index (χ0v) is 12.4. The highest BCUT2D eigenvalue weighted by Crippen LogP contribution is 2.16. The third kappa shape index (κ3) is 3.45. The Kier molecular flexibility index (Phi) is 4.89. The number of likely N-dealkylation sites (N-methyl/N-ethyl adjacent to an activating group) is 2. The van der Waals surface area contributed by atoms with Gasteiger partial charge in [0.25, 0.3) is 0 Å². The van der Waals surface area contributed by atoms with Gasteiger partial charge in [-0.3, -0.25) is 4.79 Å². The van der Waals surface area contributed by atoms with Crippen LogP contribution in [0.4, 0.5) is 0 Å². The van der Waals surface area contributed by atoms with E-state index in [1.165, 1.54) is 6.42 Å². The van der Waals surface area contributed by atoms with Gasteiger partial charge in [0.15, 0.2) is 0 Å². The lowest BCUT2D eigenvalue weighted by Crippen LogP contribution is -2.39. The Morgan fingerprint density at radius 1 is 1.55 bits per heavy atom. The van der Waals surface area contributed by atoms with E-state index in [2.05, 4.69) is 22.1 Å². The van der Waals surface area contributed by atoms with Crippen LogP contribution in [0.2, 0.25) is 0 Å². The van der Waals surface area contributed by atoms with Crippen LogP contribution in [0, 0.1) is 0 Å². The number of allylic oxidation sites excluding steroid dienone is 2. The maximum Gasteiger partial charge on any atom is 0.311 e. The number of hydrogen-bond acceptors (Lipinski definition) is 5. The predicted molar refractivity (Wildman–Crippen MR) is 75.4 cm³/mol. The van der Waals surface area contributed by atoms with Crippen LogP contribution in [-0.2, 0) is 6.42 Å². The summed E-state index contributed by atoms with van der Waals surface area (Å²) in [5, 5.41) is 7.71. The minimum absolute atomic E-state index is 0.0765. The number of amides is 1. The molecule has 1 aliphatic rings. The molecule has 110 valence electrons. The fraction of sp³-hybridized carbons (Fsp3) is 0.643. The summed E-state index contributed by atoms with van der Waals surface area (Å²) in [6.45, 7) is 3.72. The van der Waals surface area contributed by atoms with Crippen LogP contribution in [-0.4, -0.2) is 59.1 Å². The van der Waals surface area contributed by atoms with Gasteiger partial charge in [-0.15, -0.1) is 10.2 Å². The minimum atomic E-state index is -0.204. The number of aromatic nitrogens is 2. The third-order valence-corrected chi connectivity index (χ3v) is 3.68. The average Bonchev–Trinajstić information content (AvgIpc) is 3.05. The zero-order valence-electron chi connectivity index (χ0n) is 12.4. The Labute approximate surface area is 119 Å². The van der Waals surface area contributed by atoms with E-state index in [1.54, 1.807) is 11.9 Å². The summed E-state index contributed by atoms with van der Waals surface area (Å²) in [5.41, 5.74) is 0. The van der Waals surface area contributed by atoms with Gasteiger partial charge in [0, 0.05) is 26.1 Å². The lowest BCUT2D eigenvalue weighted by Gasteiger charge is -2.24. The van der Waals surface area contributed by atoms with E-state index >= 15 is 0 Å². The Bertz CT molecular complexity index is 483. The average molecular weight is 278 g/mol. The highest BCUT2D eigenvalue weighted by atomic mass is 16.4. The molecule has 1 aromatic heterocycles. The summed E-state index contributed by atoms with van der Waals surface area (Å²) in [7, 11) is 3.88. The molecule has 1 fully saturated rings. The van der Waals surface area contributed by atoms with Crippen LogP contribution in [0.1, 0.15) is 36.3 Å². The van der Waals surface area contributed by atoms with Crippen molar-refractivity contribution in [3.63, 3.8) is 0 Å². The molecule has 1 amide bonds. The standard InChI is InChI=1S/C14H22N4O2/c1-4-5-8-12-15-16-13(20-12)14(19)18(3)10-11-7-6-9-17(11)2/h4-5,11H,6-10H2,1-3H3. The molecule has 0 radical (unpaired) electrons. The number of carbonyl (C=O) groups excluding carboxylic acids is 1. The molecule has 0 saturated carbocycles. The van der Waals surface area contributed by atoms with Gasteiger partial charge in [-0.1, -0.05) is 12.2 Å². The van der Waals surface area contributed by atoms with Crippen molar-refractivity contribution < 1.29 is 9.21 Å². The van der Waals surface area contributed by atoms with E-state index in [1.807, 2.05) is 19.1 Å². The molecule has 2 rings (SSSR count). The first-order chi connectivity index (χ1) is 9.61. The van der Waals surface area contributed by atoms with Gasteiger partial charge >= 0.3 is 11.8 Å². The predicted octanol–water partition coefficient (Wildman–Crippen LogP) is 1.35. The van der Waals surface area contributed by atoms with Crippen LogP contribution in [0.15, 0.2) is 16.6 Å². The monoisotopic (exact) mass is 278 g/mol. The lowest BCUT2D eigenvalue weighted by molar-refractivity contribution is 0.0720. The second-order valence-electron chi connectivity index (χ2n) is 5.24. The van der Waals surface area contributed by atoms with E-state index in [9.17, 15) is 4.79 Å². The summed E-state index contributed by atoms with van der Waals surface area (Å²) in [6.07, 6.45) is 6.71. The maximum atomic E-state index is 12.2. The fourth-order valence-corrected chi connectivity index (χ4v) is 2.41. The summed E-state index contributed by atoms with van der Waals surface area (Å²) >= 11 is 0. The molecule has 1 aliphatic heterocycles. The van der Waals surface area contributed by atoms with Crippen molar-refractivity contribution in [2.45, 2.75) is 32.2 Å². The number of rotatable bonds is 5. The highest BCUT2D eigenvalue weighted by Gasteiger charge is 2.26. The third-order valence-electron chi connectivity index (χ3n) is 3.68. The Morgan fingerprint density at radius 3 is 3.00 bits per heavy atom. The van der Waals surface area contributed by atoms with Crippen molar-refractivity contribution in [2.24, 2.45) is 0 Å². The number of likely N-dealkylation sites (tertiary alicyclic amines) is 1. The molecule has 1 unspecified atom stereocenters. The van der Waals surface area contributed by atoms with E-state index < -0.39 is 0 Å². The van der Waals surface area contributed by atoms with Crippen molar-refractivity contribution in [3.05, 3.63) is 23.9 Å². The number of nitrogens with zero attached hydrogens (tertiary/aromatic N) is 4. The Morgan fingerprint density at radius 2 is 2.35 bits per heavy atom. The summed E-state index contributed by atoms with van der Waals surface area (Å²) in [5.74, 6) is 0.343. The molecule has 0 bridgehead atoms. The van der Waals surface area contributed by atoms with Crippen LogP contribution in [0.3, 0.4) is 0 Å². The first kappa shape index (κ1) is 14.7. The molecule has 0 N–H and O–H groups in total. The van der Waals surface area contributed by atoms with Gasteiger partial charge in [-0.25, -0.2) is 0 Å². The lowest BCUT2D eigenvalue weighted by atomic mass is 10.2. The van der Waals surface area contributed by atoms with Crippen molar-refractivity contribution in [3.8, 4) is 0 Å². The molecule has 1 saturated heterocycles. The van der Waals surface area contributed by atoms with E-state index in [0.29, 0.717) is 24.9 Å². The molecule has 2 heterocycles. The summed E-state index contributed by atoms with van der Waals surface area (Å²) in [6, 6.07) is 0.425. The van der Waals surface area contributed by atoms with Crippen molar-refractivity contribution >= 4 is 5.91 Å². The van der Waals surface area contributed by atoms with Crippen molar-refractivity contribution in [2.75, 3.05) is 27.2 Å². The Hall–Kier alpha value is -1.69. The number of carbonyl (C=O) groups is 1. The number of hydrogen-bond donors (Lipinski definition) is 0. The molecule has 6 heteroatoms. The van der Waals surface area contributed by atoms with E-state index in [4.69, 9.17) is 4.42 Å². The van der Waals surface area contributed by atoms with Gasteiger partial charge < -0.3 is 14.2 Å². The molecule has 0 aliphatic carbocycles. The maximum absolute atomic E-state index is 12.2. The molecular formula is C14H22N4O2. The Balaban J connectivity index is 1.94. The smallest absolute Gasteiger partial charge is 0.311 e. The molecule has 6 nitrogen and oxygen atoms in total. The second-order valence-corrected chi connectivity index (χ2v) is 5.24.